The van der Waals surface area contributed by atoms with Gasteiger partial charge in [0.1, 0.15) is 5.76 Å². The van der Waals surface area contributed by atoms with Crippen molar-refractivity contribution in [1.82, 2.24) is 10.3 Å². The van der Waals surface area contributed by atoms with Crippen molar-refractivity contribution < 1.29 is 4.42 Å². The summed E-state index contributed by atoms with van der Waals surface area (Å²) in [6.45, 7) is 8.12. The zero-order chi connectivity index (χ0) is 14.9. The molecule has 118 valence electrons. The molecule has 0 bridgehead atoms. The molecule has 0 radical (unpaired) electrons. The van der Waals surface area contributed by atoms with Crippen LogP contribution in [0.3, 0.4) is 0 Å². The molecule has 3 nitrogen and oxygen atoms in total. The summed E-state index contributed by atoms with van der Waals surface area (Å²) in [5, 5.41) is 3.52. The first kappa shape index (κ1) is 15.1. The molecule has 21 heavy (non-hydrogen) atoms. The number of hydrogen-bond acceptors (Lipinski definition) is 3. The average molecular weight is 290 g/mol. The van der Waals surface area contributed by atoms with E-state index in [-0.39, 0.29) is 0 Å². The number of oxazole rings is 1. The molecular weight excluding hydrogens is 260 g/mol. The van der Waals surface area contributed by atoms with Crippen molar-refractivity contribution >= 4 is 0 Å². The molecule has 1 aromatic heterocycles. The molecule has 3 rings (SSSR count). The zero-order valence-electron chi connectivity index (χ0n) is 13.8. The first-order valence-electron chi connectivity index (χ1n) is 8.70. The Balaban J connectivity index is 1.47. The van der Waals surface area contributed by atoms with Crippen LogP contribution in [0.25, 0.3) is 0 Å². The highest BCUT2D eigenvalue weighted by molar-refractivity contribution is 5.04. The van der Waals surface area contributed by atoms with E-state index in [1.807, 2.05) is 6.20 Å². The van der Waals surface area contributed by atoms with Gasteiger partial charge in [0.15, 0.2) is 5.89 Å². The van der Waals surface area contributed by atoms with Crippen molar-refractivity contribution in [3.8, 4) is 0 Å². The van der Waals surface area contributed by atoms with Crippen molar-refractivity contribution in [2.24, 2.45) is 11.3 Å². The van der Waals surface area contributed by atoms with E-state index in [4.69, 9.17) is 4.42 Å². The minimum absolute atomic E-state index is 0.450. The molecule has 0 aliphatic heterocycles. The summed E-state index contributed by atoms with van der Waals surface area (Å²) < 4.78 is 6.00. The minimum Gasteiger partial charge on any atom is -0.445 e. The normalized spacial score (nSPS) is 27.0. The van der Waals surface area contributed by atoms with Gasteiger partial charge in [-0.1, -0.05) is 20.8 Å². The molecule has 2 aliphatic carbocycles. The molecule has 0 aromatic carbocycles. The second kappa shape index (κ2) is 6.12. The molecule has 2 aliphatic rings. The molecule has 0 spiro atoms. The van der Waals surface area contributed by atoms with Gasteiger partial charge >= 0.3 is 0 Å². The van der Waals surface area contributed by atoms with Gasteiger partial charge in [0.05, 0.1) is 6.20 Å². The van der Waals surface area contributed by atoms with Gasteiger partial charge in [-0.3, -0.25) is 0 Å². The van der Waals surface area contributed by atoms with E-state index >= 15 is 0 Å². The molecule has 1 heterocycles. The van der Waals surface area contributed by atoms with E-state index in [1.165, 1.54) is 38.5 Å². The van der Waals surface area contributed by atoms with Gasteiger partial charge in [0.25, 0.3) is 0 Å². The molecule has 2 saturated carbocycles. The van der Waals surface area contributed by atoms with Crippen LogP contribution >= 0.6 is 0 Å². The number of nitrogens with zero attached hydrogens (tertiary/aromatic N) is 1. The molecule has 0 atom stereocenters. The maximum absolute atomic E-state index is 6.00. The van der Waals surface area contributed by atoms with Crippen molar-refractivity contribution in [3.05, 3.63) is 17.8 Å². The van der Waals surface area contributed by atoms with Gasteiger partial charge in [0, 0.05) is 24.9 Å². The lowest BCUT2D eigenvalue weighted by molar-refractivity contribution is 0.163. The number of hydrogen-bond donors (Lipinski definition) is 1. The summed E-state index contributed by atoms with van der Waals surface area (Å²) in [7, 11) is 0. The topological polar surface area (TPSA) is 38.1 Å². The summed E-state index contributed by atoms with van der Waals surface area (Å²) in [5.41, 5.74) is 0.450. The Morgan fingerprint density at radius 3 is 2.48 bits per heavy atom. The van der Waals surface area contributed by atoms with Crippen LogP contribution in [0, 0.1) is 11.3 Å². The Labute approximate surface area is 128 Å². The molecular formula is C18H30N2O. The second-order valence-corrected chi connectivity index (χ2v) is 8.05. The Kier molecular flexibility index (Phi) is 4.39. The predicted octanol–water partition coefficient (Wildman–Crippen LogP) is 4.29. The van der Waals surface area contributed by atoms with E-state index in [0.717, 1.165) is 36.6 Å². The number of rotatable bonds is 5. The van der Waals surface area contributed by atoms with Crippen LogP contribution < -0.4 is 5.32 Å². The Morgan fingerprint density at radius 2 is 1.86 bits per heavy atom. The van der Waals surface area contributed by atoms with Gasteiger partial charge in [-0.05, 0) is 49.9 Å². The monoisotopic (exact) mass is 290 g/mol. The number of nitrogens with one attached hydrogen (secondary N) is 1. The fourth-order valence-electron chi connectivity index (χ4n) is 3.54. The van der Waals surface area contributed by atoms with E-state index in [9.17, 15) is 0 Å². The zero-order valence-corrected chi connectivity index (χ0v) is 13.8. The first-order chi connectivity index (χ1) is 10.0. The summed E-state index contributed by atoms with van der Waals surface area (Å²) in [6, 6.07) is 0.770. The second-order valence-electron chi connectivity index (χ2n) is 8.05. The van der Waals surface area contributed by atoms with Crippen LogP contribution in [-0.4, -0.2) is 17.6 Å². The van der Waals surface area contributed by atoms with Crippen LogP contribution in [0.2, 0.25) is 0 Å². The van der Waals surface area contributed by atoms with Crippen LogP contribution in [0.15, 0.2) is 10.6 Å². The Morgan fingerprint density at radius 1 is 1.14 bits per heavy atom. The molecule has 0 unspecified atom stereocenters. The van der Waals surface area contributed by atoms with Crippen molar-refractivity contribution in [2.45, 2.75) is 77.7 Å². The van der Waals surface area contributed by atoms with Crippen LogP contribution in [0.4, 0.5) is 0 Å². The third-order valence-corrected chi connectivity index (χ3v) is 5.27. The highest BCUT2D eigenvalue weighted by Gasteiger charge is 2.31. The quantitative estimate of drug-likeness (QED) is 0.879. The summed E-state index contributed by atoms with van der Waals surface area (Å²) in [4.78, 5) is 4.47. The summed E-state index contributed by atoms with van der Waals surface area (Å²) in [6.07, 6.45) is 10.8. The molecule has 0 amide bonds. The maximum Gasteiger partial charge on any atom is 0.195 e. The summed E-state index contributed by atoms with van der Waals surface area (Å²) in [5.74, 6) is 3.50. The van der Waals surface area contributed by atoms with Crippen LogP contribution in [0.1, 0.15) is 76.9 Å². The molecule has 3 heteroatoms. The van der Waals surface area contributed by atoms with Gasteiger partial charge in [-0.15, -0.1) is 0 Å². The van der Waals surface area contributed by atoms with Crippen molar-refractivity contribution in [3.63, 3.8) is 0 Å². The lowest BCUT2D eigenvalue weighted by Crippen LogP contribution is -2.25. The third kappa shape index (κ3) is 4.09. The lowest BCUT2D eigenvalue weighted by Gasteiger charge is -2.36. The van der Waals surface area contributed by atoms with Crippen molar-refractivity contribution in [2.75, 3.05) is 6.54 Å². The van der Waals surface area contributed by atoms with E-state index in [0.29, 0.717) is 11.3 Å². The fourth-order valence-corrected chi connectivity index (χ4v) is 3.54. The van der Waals surface area contributed by atoms with Gasteiger partial charge in [-0.2, -0.15) is 0 Å². The number of aromatic nitrogens is 1. The molecule has 1 N–H and O–H groups in total. The predicted molar refractivity (Wildman–Crippen MR) is 85.4 cm³/mol. The smallest absolute Gasteiger partial charge is 0.195 e. The van der Waals surface area contributed by atoms with Gasteiger partial charge < -0.3 is 9.73 Å². The minimum atomic E-state index is 0.450. The third-order valence-electron chi connectivity index (χ3n) is 5.27. The van der Waals surface area contributed by atoms with E-state index in [2.05, 4.69) is 31.1 Å². The Hall–Kier alpha value is -0.830. The fraction of sp³-hybridized carbons (Fsp3) is 0.833. The SMILES string of the molecule is CC(C)(C)C1CCC(c2cnc(CCNC3CC3)o2)CC1. The van der Waals surface area contributed by atoms with E-state index in [1.54, 1.807) is 0 Å². The van der Waals surface area contributed by atoms with E-state index < -0.39 is 0 Å². The van der Waals surface area contributed by atoms with Crippen LogP contribution in [-0.2, 0) is 6.42 Å². The summed E-state index contributed by atoms with van der Waals surface area (Å²) >= 11 is 0. The standard InChI is InChI=1S/C18H30N2O/c1-18(2,3)14-6-4-13(5-7-14)16-12-20-17(21-16)10-11-19-15-8-9-15/h12-15,19H,4-11H2,1-3H3. The van der Waals surface area contributed by atoms with Gasteiger partial charge in [-0.25, -0.2) is 4.98 Å². The first-order valence-corrected chi connectivity index (χ1v) is 8.70. The van der Waals surface area contributed by atoms with Gasteiger partial charge in [0.2, 0.25) is 0 Å². The maximum atomic E-state index is 6.00. The highest BCUT2D eigenvalue weighted by Crippen LogP contribution is 2.43. The van der Waals surface area contributed by atoms with Crippen LogP contribution in [0.5, 0.6) is 0 Å². The van der Waals surface area contributed by atoms with Crippen molar-refractivity contribution in [1.29, 1.82) is 0 Å². The average Bonchev–Trinajstić information content (AvgIpc) is 3.14. The molecule has 0 saturated heterocycles. The highest BCUT2D eigenvalue weighted by atomic mass is 16.4. The molecule has 2 fully saturated rings. The Bertz CT molecular complexity index is 448. The largest absolute Gasteiger partial charge is 0.445 e. The lowest BCUT2D eigenvalue weighted by atomic mass is 9.69. The molecule has 1 aromatic rings.